The van der Waals surface area contributed by atoms with Crippen LogP contribution in [0.4, 0.5) is 0 Å². The van der Waals surface area contributed by atoms with E-state index < -0.39 is 0 Å². The minimum atomic E-state index is 0.538. The first-order chi connectivity index (χ1) is 10.3. The van der Waals surface area contributed by atoms with Crippen LogP contribution in [0.2, 0.25) is 0 Å². The predicted molar refractivity (Wildman–Crippen MR) is 82.3 cm³/mol. The number of imidazole rings is 1. The van der Waals surface area contributed by atoms with Crippen molar-refractivity contribution in [3.05, 3.63) is 40.5 Å². The van der Waals surface area contributed by atoms with E-state index in [1.807, 2.05) is 31.2 Å². The molecule has 0 saturated heterocycles. The summed E-state index contributed by atoms with van der Waals surface area (Å²) in [6, 6.07) is 10.4. The molecule has 0 amide bonds. The SMILES string of the molecule is Cc1ccc(-c2nc3sc(C4CCC4)nn3c2C#N)cc1. The van der Waals surface area contributed by atoms with Crippen LogP contribution in [0.25, 0.3) is 16.2 Å². The Hall–Kier alpha value is -2.19. The first-order valence-corrected chi connectivity index (χ1v) is 7.94. The second kappa shape index (κ2) is 4.68. The minimum Gasteiger partial charge on any atom is -0.216 e. The molecule has 1 aromatic carbocycles. The third-order valence-corrected chi connectivity index (χ3v) is 5.18. The largest absolute Gasteiger partial charge is 0.216 e. The van der Waals surface area contributed by atoms with Crippen molar-refractivity contribution < 1.29 is 0 Å². The maximum atomic E-state index is 9.49. The molecule has 0 radical (unpaired) electrons. The number of rotatable bonds is 2. The molecule has 0 bridgehead atoms. The smallest absolute Gasteiger partial charge is 0.214 e. The second-order valence-corrected chi connectivity index (χ2v) is 6.54. The Morgan fingerprint density at radius 1 is 1.29 bits per heavy atom. The summed E-state index contributed by atoms with van der Waals surface area (Å²) in [5.41, 5.74) is 3.44. The van der Waals surface area contributed by atoms with Crippen molar-refractivity contribution >= 4 is 16.3 Å². The second-order valence-electron chi connectivity index (χ2n) is 5.55. The van der Waals surface area contributed by atoms with Gasteiger partial charge in [0.2, 0.25) is 4.96 Å². The van der Waals surface area contributed by atoms with Gasteiger partial charge in [-0.15, -0.1) is 0 Å². The molecular formula is C16H14N4S. The highest BCUT2D eigenvalue weighted by atomic mass is 32.1. The van der Waals surface area contributed by atoms with Gasteiger partial charge in [0.1, 0.15) is 16.8 Å². The molecule has 1 fully saturated rings. The lowest BCUT2D eigenvalue weighted by Crippen LogP contribution is -2.08. The molecule has 1 aliphatic rings. The van der Waals surface area contributed by atoms with E-state index >= 15 is 0 Å². The van der Waals surface area contributed by atoms with Gasteiger partial charge in [0.25, 0.3) is 0 Å². The monoisotopic (exact) mass is 294 g/mol. The fraction of sp³-hybridized carbons (Fsp3) is 0.312. The summed E-state index contributed by atoms with van der Waals surface area (Å²) < 4.78 is 1.72. The Kier molecular flexibility index (Phi) is 2.79. The first kappa shape index (κ1) is 12.5. The summed E-state index contributed by atoms with van der Waals surface area (Å²) in [5, 5.41) is 15.2. The Morgan fingerprint density at radius 2 is 2.05 bits per heavy atom. The summed E-state index contributed by atoms with van der Waals surface area (Å²) >= 11 is 1.62. The normalized spacial score (nSPS) is 15.0. The number of nitriles is 1. The number of fused-ring (bicyclic) bond motifs is 1. The van der Waals surface area contributed by atoms with Crippen molar-refractivity contribution in [3.8, 4) is 17.3 Å². The van der Waals surface area contributed by atoms with E-state index in [1.54, 1.807) is 15.9 Å². The van der Waals surface area contributed by atoms with Crippen LogP contribution in [0, 0.1) is 18.3 Å². The van der Waals surface area contributed by atoms with Crippen molar-refractivity contribution in [2.75, 3.05) is 0 Å². The van der Waals surface area contributed by atoms with Crippen LogP contribution >= 0.6 is 11.3 Å². The maximum Gasteiger partial charge on any atom is 0.214 e. The number of hydrogen-bond donors (Lipinski definition) is 0. The van der Waals surface area contributed by atoms with Crippen LogP contribution < -0.4 is 0 Å². The van der Waals surface area contributed by atoms with Gasteiger partial charge in [-0.2, -0.15) is 14.9 Å². The highest BCUT2D eigenvalue weighted by Gasteiger charge is 2.25. The summed E-state index contributed by atoms with van der Waals surface area (Å²) in [4.78, 5) is 5.46. The summed E-state index contributed by atoms with van der Waals surface area (Å²) in [6.45, 7) is 2.05. The van der Waals surface area contributed by atoms with Crippen LogP contribution in [-0.4, -0.2) is 14.6 Å². The molecule has 0 atom stereocenters. The van der Waals surface area contributed by atoms with E-state index in [9.17, 15) is 5.26 Å². The van der Waals surface area contributed by atoms with E-state index in [-0.39, 0.29) is 0 Å². The lowest BCUT2D eigenvalue weighted by Gasteiger charge is -2.21. The van der Waals surface area contributed by atoms with Crippen molar-refractivity contribution in [3.63, 3.8) is 0 Å². The van der Waals surface area contributed by atoms with Crippen LogP contribution in [0.3, 0.4) is 0 Å². The van der Waals surface area contributed by atoms with Gasteiger partial charge in [0, 0.05) is 11.5 Å². The topological polar surface area (TPSA) is 54.0 Å². The zero-order valence-corrected chi connectivity index (χ0v) is 12.5. The van der Waals surface area contributed by atoms with Gasteiger partial charge in [-0.3, -0.25) is 0 Å². The molecule has 4 nitrogen and oxygen atoms in total. The fourth-order valence-corrected chi connectivity index (χ4v) is 3.66. The average Bonchev–Trinajstić information content (AvgIpc) is 2.94. The molecule has 2 heterocycles. The fourth-order valence-electron chi connectivity index (χ4n) is 2.60. The quantitative estimate of drug-likeness (QED) is 0.720. The van der Waals surface area contributed by atoms with Crippen LogP contribution in [0.15, 0.2) is 24.3 Å². The Labute approximate surface area is 126 Å². The van der Waals surface area contributed by atoms with Gasteiger partial charge in [0.05, 0.1) is 0 Å². The van der Waals surface area contributed by atoms with Gasteiger partial charge < -0.3 is 0 Å². The molecule has 0 spiro atoms. The van der Waals surface area contributed by atoms with E-state index in [1.165, 1.54) is 24.8 Å². The van der Waals surface area contributed by atoms with Gasteiger partial charge in [-0.25, -0.2) is 4.98 Å². The van der Waals surface area contributed by atoms with E-state index in [2.05, 4.69) is 16.2 Å². The molecule has 0 aliphatic heterocycles. The van der Waals surface area contributed by atoms with Crippen molar-refractivity contribution in [2.24, 2.45) is 0 Å². The van der Waals surface area contributed by atoms with Gasteiger partial charge in [-0.05, 0) is 19.8 Å². The molecule has 104 valence electrons. The molecule has 1 aliphatic carbocycles. The highest BCUT2D eigenvalue weighted by Crippen LogP contribution is 2.39. The summed E-state index contributed by atoms with van der Waals surface area (Å²) in [5.74, 6) is 0.575. The van der Waals surface area contributed by atoms with Crippen molar-refractivity contribution in [1.82, 2.24) is 14.6 Å². The number of benzene rings is 1. The van der Waals surface area contributed by atoms with Crippen molar-refractivity contribution in [2.45, 2.75) is 32.1 Å². The first-order valence-electron chi connectivity index (χ1n) is 7.13. The molecule has 1 saturated carbocycles. The molecule has 3 aromatic rings. The minimum absolute atomic E-state index is 0.538. The van der Waals surface area contributed by atoms with Gasteiger partial charge in [0.15, 0.2) is 5.69 Å². The molecule has 5 heteroatoms. The molecule has 4 rings (SSSR count). The Morgan fingerprint density at radius 3 is 2.67 bits per heavy atom. The zero-order valence-electron chi connectivity index (χ0n) is 11.7. The van der Waals surface area contributed by atoms with Gasteiger partial charge in [-0.1, -0.05) is 47.6 Å². The van der Waals surface area contributed by atoms with E-state index in [0.717, 1.165) is 21.2 Å². The lowest BCUT2D eigenvalue weighted by molar-refractivity contribution is 0.415. The predicted octanol–water partition coefficient (Wildman–Crippen LogP) is 3.91. The Balaban J connectivity index is 1.84. The maximum absolute atomic E-state index is 9.49. The number of hydrogen-bond acceptors (Lipinski definition) is 4. The summed E-state index contributed by atoms with van der Waals surface area (Å²) in [6.07, 6.45) is 3.71. The third-order valence-electron chi connectivity index (χ3n) is 4.10. The standard InChI is InChI=1S/C16H14N4S/c1-10-5-7-11(8-6-10)14-13(9-17)20-16(18-14)21-15(19-20)12-3-2-4-12/h5-8,12H,2-4H2,1H3. The van der Waals surface area contributed by atoms with Crippen LogP contribution in [-0.2, 0) is 0 Å². The Bertz CT molecular complexity index is 847. The third kappa shape index (κ3) is 1.95. The molecule has 21 heavy (non-hydrogen) atoms. The van der Waals surface area contributed by atoms with E-state index in [4.69, 9.17) is 0 Å². The zero-order chi connectivity index (χ0) is 14.4. The number of nitrogens with zero attached hydrogens (tertiary/aromatic N) is 4. The highest BCUT2D eigenvalue weighted by molar-refractivity contribution is 7.16. The number of aromatic nitrogens is 3. The molecule has 0 N–H and O–H groups in total. The summed E-state index contributed by atoms with van der Waals surface area (Å²) in [7, 11) is 0. The van der Waals surface area contributed by atoms with Crippen molar-refractivity contribution in [1.29, 1.82) is 5.26 Å². The number of aryl methyl sites for hydroxylation is 1. The van der Waals surface area contributed by atoms with Crippen LogP contribution in [0.5, 0.6) is 0 Å². The molecular weight excluding hydrogens is 280 g/mol. The average molecular weight is 294 g/mol. The molecule has 2 aromatic heterocycles. The van der Waals surface area contributed by atoms with Crippen LogP contribution in [0.1, 0.15) is 41.4 Å². The lowest BCUT2D eigenvalue weighted by atomic mass is 9.86. The van der Waals surface area contributed by atoms with Gasteiger partial charge >= 0.3 is 0 Å². The van der Waals surface area contributed by atoms with E-state index in [0.29, 0.717) is 11.6 Å². The molecule has 0 unspecified atom stereocenters.